The van der Waals surface area contributed by atoms with Gasteiger partial charge in [-0.15, -0.1) is 0 Å². The highest BCUT2D eigenvalue weighted by molar-refractivity contribution is 5.55. The second kappa shape index (κ2) is 6.66. The number of nitriles is 1. The van der Waals surface area contributed by atoms with E-state index in [-0.39, 0.29) is 17.3 Å². The highest BCUT2D eigenvalue weighted by atomic mass is 16.6. The lowest BCUT2D eigenvalue weighted by Crippen LogP contribution is -2.23. The average molecular weight is 263 g/mol. The number of hydrogen-bond acceptors (Lipinski definition) is 6. The SMILES string of the molecule is CC(CCN(C)C)Nc1ncc([N+](=O)[O-])cc1C#N. The van der Waals surface area contributed by atoms with Gasteiger partial charge in [-0.2, -0.15) is 5.26 Å². The molecule has 0 radical (unpaired) electrons. The van der Waals surface area contributed by atoms with Gasteiger partial charge in [0.05, 0.1) is 4.92 Å². The summed E-state index contributed by atoms with van der Waals surface area (Å²) in [5, 5.41) is 22.7. The number of nitro groups is 1. The Morgan fingerprint density at radius 2 is 2.32 bits per heavy atom. The van der Waals surface area contributed by atoms with Crippen LogP contribution in [-0.2, 0) is 0 Å². The van der Waals surface area contributed by atoms with Crippen molar-refractivity contribution in [3.05, 3.63) is 27.9 Å². The van der Waals surface area contributed by atoms with Crippen LogP contribution in [0.4, 0.5) is 11.5 Å². The van der Waals surface area contributed by atoms with Gasteiger partial charge in [0.1, 0.15) is 23.6 Å². The van der Waals surface area contributed by atoms with E-state index in [1.54, 1.807) is 0 Å². The number of nitrogens with zero attached hydrogens (tertiary/aromatic N) is 4. The Morgan fingerprint density at radius 1 is 1.63 bits per heavy atom. The Kier molecular flexibility index (Phi) is 5.21. The van der Waals surface area contributed by atoms with Crippen molar-refractivity contribution in [2.24, 2.45) is 0 Å². The first-order valence-corrected chi connectivity index (χ1v) is 5.90. The molecule has 1 rings (SSSR count). The van der Waals surface area contributed by atoms with E-state index in [4.69, 9.17) is 5.26 Å². The number of nitrogens with one attached hydrogen (secondary N) is 1. The summed E-state index contributed by atoms with van der Waals surface area (Å²) in [5.74, 6) is 0.388. The van der Waals surface area contributed by atoms with Gasteiger partial charge in [-0.05, 0) is 34.0 Å². The molecule has 1 heterocycles. The van der Waals surface area contributed by atoms with Crippen molar-refractivity contribution in [2.75, 3.05) is 26.0 Å². The van der Waals surface area contributed by atoms with E-state index < -0.39 is 4.92 Å². The quantitative estimate of drug-likeness (QED) is 0.619. The predicted molar refractivity (Wildman–Crippen MR) is 71.9 cm³/mol. The lowest BCUT2D eigenvalue weighted by atomic mass is 10.2. The van der Waals surface area contributed by atoms with Crippen molar-refractivity contribution in [3.63, 3.8) is 0 Å². The molecule has 19 heavy (non-hydrogen) atoms. The first kappa shape index (κ1) is 14.9. The first-order valence-electron chi connectivity index (χ1n) is 5.90. The number of hydrogen-bond donors (Lipinski definition) is 1. The molecular formula is C12H17N5O2. The van der Waals surface area contributed by atoms with Crippen molar-refractivity contribution >= 4 is 11.5 Å². The Bertz CT molecular complexity index is 495. The van der Waals surface area contributed by atoms with Crippen molar-refractivity contribution in [1.29, 1.82) is 5.26 Å². The minimum Gasteiger partial charge on any atom is -0.366 e. The molecule has 0 aliphatic carbocycles. The van der Waals surface area contributed by atoms with Gasteiger partial charge in [-0.25, -0.2) is 4.98 Å². The minimum atomic E-state index is -0.562. The van der Waals surface area contributed by atoms with Crippen LogP contribution in [-0.4, -0.2) is 41.5 Å². The van der Waals surface area contributed by atoms with Crippen LogP contribution in [0.1, 0.15) is 18.9 Å². The van der Waals surface area contributed by atoms with Gasteiger partial charge < -0.3 is 10.2 Å². The zero-order valence-corrected chi connectivity index (χ0v) is 11.3. The van der Waals surface area contributed by atoms with Crippen LogP contribution in [0.3, 0.4) is 0 Å². The van der Waals surface area contributed by atoms with Gasteiger partial charge in [0.15, 0.2) is 0 Å². The molecule has 0 aromatic carbocycles. The molecular weight excluding hydrogens is 246 g/mol. The van der Waals surface area contributed by atoms with Crippen LogP contribution < -0.4 is 5.32 Å². The molecule has 1 atom stereocenters. The fourth-order valence-electron chi connectivity index (χ4n) is 1.51. The lowest BCUT2D eigenvalue weighted by Gasteiger charge is -2.17. The Morgan fingerprint density at radius 3 is 2.84 bits per heavy atom. The van der Waals surface area contributed by atoms with Crippen molar-refractivity contribution < 1.29 is 4.92 Å². The maximum atomic E-state index is 10.6. The smallest absolute Gasteiger partial charge is 0.289 e. The van der Waals surface area contributed by atoms with Crippen molar-refractivity contribution in [2.45, 2.75) is 19.4 Å². The zero-order valence-electron chi connectivity index (χ0n) is 11.3. The third-order valence-corrected chi connectivity index (χ3v) is 2.60. The molecule has 0 spiro atoms. The molecule has 0 saturated heterocycles. The molecule has 0 saturated carbocycles. The van der Waals surface area contributed by atoms with Gasteiger partial charge in [0.25, 0.3) is 5.69 Å². The first-order chi connectivity index (χ1) is 8.93. The van der Waals surface area contributed by atoms with Crippen LogP contribution in [0.5, 0.6) is 0 Å². The van der Waals surface area contributed by atoms with Gasteiger partial charge in [0.2, 0.25) is 0 Å². The third kappa shape index (κ3) is 4.52. The number of rotatable bonds is 6. The van der Waals surface area contributed by atoms with Crippen LogP contribution in [0.15, 0.2) is 12.3 Å². The number of anilines is 1. The summed E-state index contributed by atoms with van der Waals surface area (Å²) in [6, 6.07) is 3.28. The topological polar surface area (TPSA) is 95.1 Å². The molecule has 7 heteroatoms. The number of aromatic nitrogens is 1. The van der Waals surface area contributed by atoms with E-state index in [1.165, 1.54) is 6.07 Å². The van der Waals surface area contributed by atoms with E-state index >= 15 is 0 Å². The predicted octanol–water partition coefficient (Wildman–Crippen LogP) is 1.61. The summed E-state index contributed by atoms with van der Waals surface area (Å²) < 4.78 is 0. The van der Waals surface area contributed by atoms with E-state index in [2.05, 4.69) is 15.2 Å². The van der Waals surface area contributed by atoms with Crippen molar-refractivity contribution in [1.82, 2.24) is 9.88 Å². The van der Waals surface area contributed by atoms with Crippen LogP contribution >= 0.6 is 0 Å². The molecule has 1 aromatic heterocycles. The molecule has 0 bridgehead atoms. The van der Waals surface area contributed by atoms with Crippen LogP contribution in [0, 0.1) is 21.4 Å². The second-order valence-corrected chi connectivity index (χ2v) is 4.60. The maximum Gasteiger partial charge on any atom is 0.289 e. The van der Waals surface area contributed by atoms with Crippen LogP contribution in [0.2, 0.25) is 0 Å². The fourth-order valence-corrected chi connectivity index (χ4v) is 1.51. The van der Waals surface area contributed by atoms with E-state index in [0.29, 0.717) is 5.82 Å². The summed E-state index contributed by atoms with van der Waals surface area (Å²) in [6.45, 7) is 2.89. The summed E-state index contributed by atoms with van der Waals surface area (Å²) in [7, 11) is 3.97. The Balaban J connectivity index is 2.78. The summed E-state index contributed by atoms with van der Waals surface area (Å²) in [4.78, 5) is 16.1. The monoisotopic (exact) mass is 263 g/mol. The van der Waals surface area contributed by atoms with E-state index in [0.717, 1.165) is 19.2 Å². The Hall–Kier alpha value is -2.20. The summed E-state index contributed by atoms with van der Waals surface area (Å²) >= 11 is 0. The van der Waals surface area contributed by atoms with Gasteiger partial charge in [0, 0.05) is 12.1 Å². The van der Waals surface area contributed by atoms with E-state index in [1.807, 2.05) is 27.1 Å². The second-order valence-electron chi connectivity index (χ2n) is 4.60. The molecule has 102 valence electrons. The van der Waals surface area contributed by atoms with Crippen molar-refractivity contribution in [3.8, 4) is 6.07 Å². The van der Waals surface area contributed by atoms with Gasteiger partial charge >= 0.3 is 0 Å². The van der Waals surface area contributed by atoms with E-state index in [9.17, 15) is 10.1 Å². The molecule has 0 aliphatic rings. The summed E-state index contributed by atoms with van der Waals surface area (Å²) in [5.41, 5.74) is 0.00828. The highest BCUT2D eigenvalue weighted by Crippen LogP contribution is 2.19. The molecule has 0 aliphatic heterocycles. The summed E-state index contributed by atoms with van der Waals surface area (Å²) in [6.07, 6.45) is 2.04. The highest BCUT2D eigenvalue weighted by Gasteiger charge is 2.13. The molecule has 7 nitrogen and oxygen atoms in total. The van der Waals surface area contributed by atoms with Gasteiger partial charge in [-0.1, -0.05) is 0 Å². The fraction of sp³-hybridized carbons (Fsp3) is 0.500. The normalized spacial score (nSPS) is 11.9. The largest absolute Gasteiger partial charge is 0.366 e. The molecule has 0 amide bonds. The molecule has 1 unspecified atom stereocenters. The average Bonchev–Trinajstić information content (AvgIpc) is 2.36. The molecule has 1 aromatic rings. The van der Waals surface area contributed by atoms with Gasteiger partial charge in [-0.3, -0.25) is 10.1 Å². The lowest BCUT2D eigenvalue weighted by molar-refractivity contribution is -0.385. The molecule has 1 N–H and O–H groups in total. The maximum absolute atomic E-state index is 10.6. The Labute approximate surface area is 112 Å². The van der Waals surface area contributed by atoms with Crippen LogP contribution in [0.25, 0.3) is 0 Å². The molecule has 0 fully saturated rings. The zero-order chi connectivity index (χ0) is 14.4. The number of pyridine rings is 1. The standard InChI is InChI=1S/C12H17N5O2/c1-9(4-5-16(2)3)15-12-10(7-13)6-11(8-14-12)17(18)19/h6,8-9H,4-5H2,1-3H3,(H,14,15). The minimum absolute atomic E-state index is 0.128. The third-order valence-electron chi connectivity index (χ3n) is 2.60.